The zero-order valence-corrected chi connectivity index (χ0v) is 13.6. The largest absolute Gasteiger partial charge is 0.358 e. The lowest BCUT2D eigenvalue weighted by Gasteiger charge is -2.08. The minimum absolute atomic E-state index is 0.149. The predicted octanol–water partition coefficient (Wildman–Crippen LogP) is 4.34. The van der Waals surface area contributed by atoms with E-state index in [0.29, 0.717) is 0 Å². The molecule has 0 spiro atoms. The highest BCUT2D eigenvalue weighted by Gasteiger charge is 2.14. The SMILES string of the molecule is Cc1[nH]c2ccc(F)cc2c1CC(=O)Nc1cccc2ncccc12. The molecule has 2 aromatic heterocycles. The van der Waals surface area contributed by atoms with Crippen LogP contribution in [-0.2, 0) is 11.2 Å². The first-order chi connectivity index (χ1) is 12.1. The number of amides is 1. The average molecular weight is 333 g/mol. The number of hydrogen-bond donors (Lipinski definition) is 2. The summed E-state index contributed by atoms with van der Waals surface area (Å²) < 4.78 is 13.6. The predicted molar refractivity (Wildman–Crippen MR) is 97.1 cm³/mol. The number of hydrogen-bond acceptors (Lipinski definition) is 2. The molecule has 2 N–H and O–H groups in total. The molecule has 2 aromatic carbocycles. The van der Waals surface area contributed by atoms with Crippen LogP contribution in [0.5, 0.6) is 0 Å². The smallest absolute Gasteiger partial charge is 0.228 e. The number of aromatic nitrogens is 2. The van der Waals surface area contributed by atoms with Gasteiger partial charge in [-0.05, 0) is 55.0 Å². The molecule has 0 aliphatic carbocycles. The molecule has 4 aromatic rings. The Hall–Kier alpha value is -3.21. The molecule has 0 saturated carbocycles. The summed E-state index contributed by atoms with van der Waals surface area (Å²) in [5, 5.41) is 4.57. The number of aryl methyl sites for hydroxylation is 1. The van der Waals surface area contributed by atoms with Crippen molar-refractivity contribution in [2.45, 2.75) is 13.3 Å². The van der Waals surface area contributed by atoms with Crippen LogP contribution < -0.4 is 5.32 Å². The summed E-state index contributed by atoms with van der Waals surface area (Å²) in [5.41, 5.74) is 4.06. The molecule has 0 unspecified atom stereocenters. The highest BCUT2D eigenvalue weighted by atomic mass is 19.1. The van der Waals surface area contributed by atoms with E-state index in [1.165, 1.54) is 12.1 Å². The van der Waals surface area contributed by atoms with Crippen LogP contribution >= 0.6 is 0 Å². The molecule has 0 radical (unpaired) electrons. The van der Waals surface area contributed by atoms with E-state index in [1.807, 2.05) is 37.3 Å². The van der Waals surface area contributed by atoms with Crippen molar-refractivity contribution in [3.05, 3.63) is 71.8 Å². The van der Waals surface area contributed by atoms with Gasteiger partial charge >= 0.3 is 0 Å². The molecule has 124 valence electrons. The number of carbonyl (C=O) groups excluding carboxylic acids is 1. The third-order valence-electron chi connectivity index (χ3n) is 4.34. The van der Waals surface area contributed by atoms with Crippen LogP contribution in [0, 0.1) is 12.7 Å². The topological polar surface area (TPSA) is 57.8 Å². The Labute approximate surface area is 143 Å². The number of halogens is 1. The van der Waals surface area contributed by atoms with E-state index in [-0.39, 0.29) is 18.1 Å². The zero-order valence-electron chi connectivity index (χ0n) is 13.6. The van der Waals surface area contributed by atoms with Gasteiger partial charge in [-0.2, -0.15) is 0 Å². The second-order valence-corrected chi connectivity index (χ2v) is 6.02. The first-order valence-corrected chi connectivity index (χ1v) is 8.02. The molecular weight excluding hydrogens is 317 g/mol. The summed E-state index contributed by atoms with van der Waals surface area (Å²) in [7, 11) is 0. The summed E-state index contributed by atoms with van der Waals surface area (Å²) in [5.74, 6) is -0.460. The van der Waals surface area contributed by atoms with Crippen LogP contribution in [0.4, 0.5) is 10.1 Å². The third kappa shape index (κ3) is 2.85. The Morgan fingerprint density at radius 2 is 2.04 bits per heavy atom. The number of pyridine rings is 1. The van der Waals surface area contributed by atoms with Crippen LogP contribution in [-0.4, -0.2) is 15.9 Å². The van der Waals surface area contributed by atoms with E-state index in [0.717, 1.165) is 38.8 Å². The number of nitrogens with one attached hydrogen (secondary N) is 2. The minimum atomic E-state index is -0.312. The van der Waals surface area contributed by atoms with Crippen molar-refractivity contribution in [3.63, 3.8) is 0 Å². The van der Waals surface area contributed by atoms with Crippen molar-refractivity contribution in [2.75, 3.05) is 5.32 Å². The Morgan fingerprint density at radius 1 is 1.16 bits per heavy atom. The number of rotatable bonds is 3. The maximum absolute atomic E-state index is 13.6. The highest BCUT2D eigenvalue weighted by Crippen LogP contribution is 2.25. The molecule has 1 amide bonds. The second-order valence-electron chi connectivity index (χ2n) is 6.02. The van der Waals surface area contributed by atoms with Gasteiger partial charge in [0.1, 0.15) is 5.82 Å². The van der Waals surface area contributed by atoms with Gasteiger partial charge in [-0.15, -0.1) is 0 Å². The van der Waals surface area contributed by atoms with Gasteiger partial charge in [0.25, 0.3) is 0 Å². The van der Waals surface area contributed by atoms with E-state index in [1.54, 1.807) is 12.3 Å². The zero-order chi connectivity index (χ0) is 17.4. The quantitative estimate of drug-likeness (QED) is 0.586. The van der Waals surface area contributed by atoms with Crippen LogP contribution in [0.2, 0.25) is 0 Å². The van der Waals surface area contributed by atoms with Gasteiger partial charge in [0.05, 0.1) is 17.6 Å². The van der Waals surface area contributed by atoms with E-state index in [4.69, 9.17) is 0 Å². The molecule has 0 aliphatic heterocycles. The summed E-state index contributed by atoms with van der Waals surface area (Å²) >= 11 is 0. The maximum Gasteiger partial charge on any atom is 0.228 e. The normalized spacial score (nSPS) is 11.1. The molecule has 4 rings (SSSR count). The van der Waals surface area contributed by atoms with Gasteiger partial charge in [0.15, 0.2) is 0 Å². The van der Waals surface area contributed by atoms with Crippen molar-refractivity contribution in [1.82, 2.24) is 9.97 Å². The molecule has 25 heavy (non-hydrogen) atoms. The number of aromatic amines is 1. The number of fused-ring (bicyclic) bond motifs is 2. The van der Waals surface area contributed by atoms with Gasteiger partial charge < -0.3 is 10.3 Å². The Balaban J connectivity index is 1.64. The Morgan fingerprint density at radius 3 is 2.92 bits per heavy atom. The van der Waals surface area contributed by atoms with Crippen LogP contribution in [0.25, 0.3) is 21.8 Å². The number of benzene rings is 2. The molecular formula is C20H16FN3O. The van der Waals surface area contributed by atoms with Crippen LogP contribution in [0.1, 0.15) is 11.3 Å². The Kier molecular flexibility index (Phi) is 3.69. The van der Waals surface area contributed by atoms with E-state index in [9.17, 15) is 9.18 Å². The maximum atomic E-state index is 13.6. The average Bonchev–Trinajstić information content (AvgIpc) is 2.90. The van der Waals surface area contributed by atoms with Crippen LogP contribution in [0.3, 0.4) is 0 Å². The Bertz CT molecular complexity index is 1100. The summed E-state index contributed by atoms with van der Waals surface area (Å²) in [6.45, 7) is 1.89. The molecule has 0 saturated heterocycles. The molecule has 2 heterocycles. The molecule has 0 aliphatic rings. The fourth-order valence-electron chi connectivity index (χ4n) is 3.15. The number of carbonyl (C=O) groups is 1. The monoisotopic (exact) mass is 333 g/mol. The van der Waals surface area contributed by atoms with E-state index in [2.05, 4.69) is 15.3 Å². The first-order valence-electron chi connectivity index (χ1n) is 8.02. The van der Waals surface area contributed by atoms with Gasteiger partial charge in [-0.1, -0.05) is 6.07 Å². The van der Waals surface area contributed by atoms with Gasteiger partial charge in [0, 0.05) is 28.2 Å². The second kappa shape index (κ2) is 6.02. The molecule has 5 heteroatoms. The lowest BCUT2D eigenvalue weighted by atomic mass is 10.1. The summed E-state index contributed by atoms with van der Waals surface area (Å²) in [4.78, 5) is 20.1. The fourth-order valence-corrected chi connectivity index (χ4v) is 3.15. The van der Waals surface area contributed by atoms with Crippen LogP contribution in [0.15, 0.2) is 54.7 Å². The molecule has 0 atom stereocenters. The summed E-state index contributed by atoms with van der Waals surface area (Å²) in [6.07, 6.45) is 1.89. The lowest BCUT2D eigenvalue weighted by Crippen LogP contribution is -2.15. The lowest BCUT2D eigenvalue weighted by molar-refractivity contribution is -0.115. The number of nitrogens with zero attached hydrogens (tertiary/aromatic N) is 1. The number of H-pyrrole nitrogens is 1. The van der Waals surface area contributed by atoms with Gasteiger partial charge in [-0.25, -0.2) is 4.39 Å². The third-order valence-corrected chi connectivity index (χ3v) is 4.34. The molecule has 0 bridgehead atoms. The van der Waals surface area contributed by atoms with Crippen molar-refractivity contribution < 1.29 is 9.18 Å². The molecule has 4 nitrogen and oxygen atoms in total. The van der Waals surface area contributed by atoms with Crippen molar-refractivity contribution in [3.8, 4) is 0 Å². The number of anilines is 1. The summed E-state index contributed by atoms with van der Waals surface area (Å²) in [6, 6.07) is 13.9. The van der Waals surface area contributed by atoms with Gasteiger partial charge in [-0.3, -0.25) is 9.78 Å². The van der Waals surface area contributed by atoms with E-state index >= 15 is 0 Å². The van der Waals surface area contributed by atoms with Crippen molar-refractivity contribution in [1.29, 1.82) is 0 Å². The van der Waals surface area contributed by atoms with Crippen molar-refractivity contribution >= 4 is 33.4 Å². The first kappa shape index (κ1) is 15.3. The molecule has 0 fully saturated rings. The van der Waals surface area contributed by atoms with E-state index < -0.39 is 0 Å². The standard InChI is InChI=1S/C20H16FN3O/c1-12-15(16-10-13(21)7-8-19(16)23-12)11-20(25)24-18-6-2-5-17-14(18)4-3-9-22-17/h2-10,23H,11H2,1H3,(H,24,25). The minimum Gasteiger partial charge on any atom is -0.358 e. The fraction of sp³-hybridized carbons (Fsp3) is 0.100. The van der Waals surface area contributed by atoms with Crippen molar-refractivity contribution in [2.24, 2.45) is 0 Å². The van der Waals surface area contributed by atoms with Gasteiger partial charge in [0.2, 0.25) is 5.91 Å². The highest BCUT2D eigenvalue weighted by molar-refractivity contribution is 6.02.